The van der Waals surface area contributed by atoms with E-state index in [0.717, 1.165) is 12.8 Å². The lowest BCUT2D eigenvalue weighted by molar-refractivity contribution is -0.138. The highest BCUT2D eigenvalue weighted by molar-refractivity contribution is 5.66. The highest BCUT2D eigenvalue weighted by Gasteiger charge is 2.26. The fraction of sp³-hybridized carbons (Fsp3) is 0.650. The maximum Gasteiger partial charge on any atom is 0.303 e. The largest absolute Gasteiger partial charge is 0.481 e. The summed E-state index contributed by atoms with van der Waals surface area (Å²) in [6, 6.07) is 0. The molecule has 1 rings (SSSR count). The van der Waals surface area contributed by atoms with Crippen molar-refractivity contribution in [2.45, 2.75) is 73.1 Å². The first kappa shape index (κ1) is 18.7. The lowest BCUT2D eigenvalue weighted by Crippen LogP contribution is -2.19. The minimum Gasteiger partial charge on any atom is -0.481 e. The molecule has 2 heteroatoms. The summed E-state index contributed by atoms with van der Waals surface area (Å²) < 4.78 is 0. The lowest BCUT2D eigenvalue weighted by Gasteiger charge is -2.32. The Morgan fingerprint density at radius 2 is 2.09 bits per heavy atom. The summed E-state index contributed by atoms with van der Waals surface area (Å²) in [6.07, 6.45) is 12.7. The van der Waals surface area contributed by atoms with Gasteiger partial charge in [-0.15, -0.1) is 0 Å². The quantitative estimate of drug-likeness (QED) is 0.594. The molecule has 1 aliphatic rings. The van der Waals surface area contributed by atoms with Gasteiger partial charge in [0, 0.05) is 6.42 Å². The second-order valence-corrected chi connectivity index (χ2v) is 7.49. The van der Waals surface area contributed by atoms with E-state index in [4.69, 9.17) is 5.11 Å². The normalized spacial score (nSPS) is 20.5. The van der Waals surface area contributed by atoms with Crippen molar-refractivity contribution in [1.29, 1.82) is 0 Å². The fourth-order valence-electron chi connectivity index (χ4n) is 3.29. The second kappa shape index (κ2) is 8.36. The summed E-state index contributed by atoms with van der Waals surface area (Å²) in [6.45, 7) is 11.1. The van der Waals surface area contributed by atoms with Gasteiger partial charge in [0.15, 0.2) is 0 Å². The zero-order valence-electron chi connectivity index (χ0n) is 14.9. The van der Waals surface area contributed by atoms with Gasteiger partial charge in [0.1, 0.15) is 0 Å². The SMILES string of the molecule is CC1=C(/C=C/C(C)=C\CCC(C)CC(=O)O)C(C)(C)CCC1. The molecule has 0 saturated heterocycles. The Hall–Kier alpha value is -1.31. The molecular weight excluding hydrogens is 272 g/mol. The molecule has 1 N–H and O–H groups in total. The van der Waals surface area contributed by atoms with E-state index in [2.05, 4.69) is 45.9 Å². The summed E-state index contributed by atoms with van der Waals surface area (Å²) in [5.41, 5.74) is 4.57. The van der Waals surface area contributed by atoms with Crippen LogP contribution in [0.25, 0.3) is 0 Å². The van der Waals surface area contributed by atoms with E-state index in [9.17, 15) is 4.79 Å². The van der Waals surface area contributed by atoms with Gasteiger partial charge in [0.25, 0.3) is 0 Å². The minimum atomic E-state index is -0.699. The summed E-state index contributed by atoms with van der Waals surface area (Å²) in [7, 11) is 0. The molecule has 0 radical (unpaired) electrons. The third kappa shape index (κ3) is 6.21. The maximum absolute atomic E-state index is 10.6. The number of aliphatic carboxylic acids is 1. The summed E-state index contributed by atoms with van der Waals surface area (Å²) in [4.78, 5) is 10.6. The molecule has 0 aliphatic heterocycles. The first-order valence-electron chi connectivity index (χ1n) is 8.49. The van der Waals surface area contributed by atoms with E-state index < -0.39 is 5.97 Å². The van der Waals surface area contributed by atoms with Gasteiger partial charge in [0.2, 0.25) is 0 Å². The third-order valence-corrected chi connectivity index (χ3v) is 4.70. The second-order valence-electron chi connectivity index (χ2n) is 7.49. The van der Waals surface area contributed by atoms with Crippen LogP contribution in [0.3, 0.4) is 0 Å². The van der Waals surface area contributed by atoms with Gasteiger partial charge in [-0.1, -0.05) is 50.1 Å². The molecule has 2 nitrogen and oxygen atoms in total. The Kier molecular flexibility index (Phi) is 7.12. The molecule has 0 fully saturated rings. The van der Waals surface area contributed by atoms with Crippen molar-refractivity contribution >= 4 is 5.97 Å². The predicted molar refractivity (Wildman–Crippen MR) is 93.9 cm³/mol. The zero-order chi connectivity index (χ0) is 16.8. The number of hydrogen-bond donors (Lipinski definition) is 1. The van der Waals surface area contributed by atoms with Crippen molar-refractivity contribution < 1.29 is 9.90 Å². The first-order valence-corrected chi connectivity index (χ1v) is 8.49. The van der Waals surface area contributed by atoms with Crippen molar-refractivity contribution in [2.24, 2.45) is 11.3 Å². The number of carboxylic acid groups (broad SMARTS) is 1. The van der Waals surface area contributed by atoms with Crippen LogP contribution in [0.2, 0.25) is 0 Å². The summed E-state index contributed by atoms with van der Waals surface area (Å²) >= 11 is 0. The van der Waals surface area contributed by atoms with Gasteiger partial charge in [-0.2, -0.15) is 0 Å². The van der Waals surface area contributed by atoms with E-state index in [-0.39, 0.29) is 17.8 Å². The summed E-state index contributed by atoms with van der Waals surface area (Å²) in [5.74, 6) is -0.456. The van der Waals surface area contributed by atoms with Crippen LogP contribution in [-0.2, 0) is 4.79 Å². The molecule has 0 aromatic carbocycles. The van der Waals surface area contributed by atoms with Gasteiger partial charge in [-0.3, -0.25) is 4.79 Å². The van der Waals surface area contributed by atoms with Crippen LogP contribution in [0.5, 0.6) is 0 Å². The van der Waals surface area contributed by atoms with Crippen molar-refractivity contribution in [3.05, 3.63) is 34.9 Å². The molecule has 0 aromatic rings. The van der Waals surface area contributed by atoms with E-state index in [1.54, 1.807) is 0 Å². The Labute approximate surface area is 136 Å². The molecule has 0 aromatic heterocycles. The highest BCUT2D eigenvalue weighted by Crippen LogP contribution is 2.40. The van der Waals surface area contributed by atoms with Gasteiger partial charge in [0.05, 0.1) is 0 Å². The average Bonchev–Trinajstić information content (AvgIpc) is 2.36. The van der Waals surface area contributed by atoms with Gasteiger partial charge < -0.3 is 5.11 Å². The molecule has 0 spiro atoms. The summed E-state index contributed by atoms with van der Waals surface area (Å²) in [5, 5.41) is 8.76. The van der Waals surface area contributed by atoms with Gasteiger partial charge in [-0.05, 0) is 62.9 Å². The van der Waals surface area contributed by atoms with Crippen LogP contribution in [0.15, 0.2) is 34.9 Å². The van der Waals surface area contributed by atoms with Crippen LogP contribution in [-0.4, -0.2) is 11.1 Å². The van der Waals surface area contributed by atoms with Gasteiger partial charge in [-0.25, -0.2) is 0 Å². The predicted octanol–water partition coefficient (Wildman–Crippen LogP) is 5.91. The van der Waals surface area contributed by atoms with Crippen LogP contribution in [0, 0.1) is 11.3 Å². The van der Waals surface area contributed by atoms with Crippen molar-refractivity contribution in [1.82, 2.24) is 0 Å². The van der Waals surface area contributed by atoms with Crippen molar-refractivity contribution in [3.8, 4) is 0 Å². The van der Waals surface area contributed by atoms with Crippen LogP contribution in [0.4, 0.5) is 0 Å². The monoisotopic (exact) mass is 304 g/mol. The molecule has 0 bridgehead atoms. The number of carboxylic acids is 1. The van der Waals surface area contributed by atoms with E-state index in [1.165, 1.54) is 36.0 Å². The van der Waals surface area contributed by atoms with Crippen LogP contribution in [0.1, 0.15) is 73.1 Å². The molecule has 1 atom stereocenters. The number of allylic oxidation sites excluding steroid dienone is 6. The lowest BCUT2D eigenvalue weighted by atomic mass is 9.72. The Morgan fingerprint density at radius 3 is 2.68 bits per heavy atom. The Morgan fingerprint density at radius 1 is 1.41 bits per heavy atom. The van der Waals surface area contributed by atoms with E-state index in [0.29, 0.717) is 0 Å². The van der Waals surface area contributed by atoms with E-state index in [1.807, 2.05) is 6.92 Å². The van der Waals surface area contributed by atoms with E-state index >= 15 is 0 Å². The minimum absolute atomic E-state index is 0.243. The smallest absolute Gasteiger partial charge is 0.303 e. The molecule has 0 saturated carbocycles. The molecule has 0 amide bonds. The molecule has 0 heterocycles. The topological polar surface area (TPSA) is 37.3 Å². The number of rotatable bonds is 7. The first-order chi connectivity index (χ1) is 10.2. The fourth-order valence-corrected chi connectivity index (χ4v) is 3.29. The van der Waals surface area contributed by atoms with Gasteiger partial charge >= 0.3 is 5.97 Å². The molecule has 1 unspecified atom stereocenters. The average molecular weight is 304 g/mol. The zero-order valence-corrected chi connectivity index (χ0v) is 14.9. The Bertz CT molecular complexity index is 478. The third-order valence-electron chi connectivity index (χ3n) is 4.70. The molecule has 1 aliphatic carbocycles. The van der Waals surface area contributed by atoms with Crippen LogP contribution < -0.4 is 0 Å². The number of carbonyl (C=O) groups is 1. The van der Waals surface area contributed by atoms with Crippen molar-refractivity contribution in [3.63, 3.8) is 0 Å². The van der Waals surface area contributed by atoms with Crippen molar-refractivity contribution in [2.75, 3.05) is 0 Å². The highest BCUT2D eigenvalue weighted by atomic mass is 16.4. The molecule has 124 valence electrons. The molecule has 22 heavy (non-hydrogen) atoms. The van der Waals surface area contributed by atoms with Crippen LogP contribution >= 0.6 is 0 Å². The maximum atomic E-state index is 10.6. The Balaban J connectivity index is 2.58. The number of hydrogen-bond acceptors (Lipinski definition) is 1. The molecular formula is C20H32O2. The standard InChI is InChI=1S/C20H32O2/c1-15(8-6-9-16(2)14-19(21)22)11-12-18-17(3)10-7-13-20(18,4)5/h8,11-12,16H,6-7,9-10,13-14H2,1-5H3,(H,21,22)/b12-11+,15-8-.